The third-order valence-corrected chi connectivity index (χ3v) is 5.65. The lowest BCUT2D eigenvalue weighted by Gasteiger charge is -2.36. The monoisotopic (exact) mass is 394 g/mol. The van der Waals surface area contributed by atoms with Gasteiger partial charge in [-0.15, -0.1) is 10.2 Å². The first-order valence-electron chi connectivity index (χ1n) is 10.1. The fourth-order valence-electron chi connectivity index (χ4n) is 3.72. The average Bonchev–Trinajstić information content (AvgIpc) is 2.73. The van der Waals surface area contributed by atoms with E-state index in [9.17, 15) is 4.79 Å². The van der Waals surface area contributed by atoms with Crippen LogP contribution in [0, 0.1) is 18.3 Å². The maximum atomic E-state index is 12.4. The molecule has 7 heteroatoms. The van der Waals surface area contributed by atoms with E-state index in [0.717, 1.165) is 36.9 Å². The number of carbonyl (C=O) groups is 1. The van der Waals surface area contributed by atoms with Gasteiger partial charge in [0.1, 0.15) is 0 Å². The van der Waals surface area contributed by atoms with E-state index in [4.69, 9.17) is 5.26 Å². The Kier molecular flexibility index (Phi) is 6.42. The molecule has 2 aromatic rings. The zero-order valence-electron chi connectivity index (χ0n) is 17.5. The van der Waals surface area contributed by atoms with Crippen molar-refractivity contribution in [3.05, 3.63) is 47.0 Å². The molecule has 1 aromatic carbocycles. The van der Waals surface area contributed by atoms with Crippen LogP contribution in [0.3, 0.4) is 0 Å². The number of benzene rings is 1. The highest BCUT2D eigenvalue weighted by Gasteiger charge is 2.26. The normalized spacial score (nSPS) is 18.9. The fraction of sp³-hybridized carbons (Fsp3) is 0.500. The van der Waals surface area contributed by atoms with Crippen molar-refractivity contribution in [1.29, 1.82) is 5.26 Å². The summed E-state index contributed by atoms with van der Waals surface area (Å²) in [6, 6.07) is 8.73. The molecule has 1 heterocycles. The first kappa shape index (κ1) is 20.7. The molecule has 0 unspecified atom stereocenters. The molecule has 1 amide bonds. The third-order valence-electron chi connectivity index (χ3n) is 5.65. The van der Waals surface area contributed by atoms with E-state index < -0.39 is 0 Å². The number of anilines is 1. The van der Waals surface area contributed by atoms with E-state index in [-0.39, 0.29) is 25.0 Å². The molecule has 0 saturated heterocycles. The molecule has 1 aliphatic carbocycles. The second-order valence-electron chi connectivity index (χ2n) is 8.06. The first-order chi connectivity index (χ1) is 13.9. The number of carbonyl (C=O) groups excluding carboxylic acids is 1. The predicted octanol–water partition coefficient (Wildman–Crippen LogP) is 3.60. The highest BCUT2D eigenvalue weighted by molar-refractivity contribution is 5.91. The van der Waals surface area contributed by atoms with Gasteiger partial charge >= 0.3 is 0 Å². The molecule has 154 valence electrons. The summed E-state index contributed by atoms with van der Waals surface area (Å²) >= 11 is 0. The standard InChI is InChI=1S/C22H28N6O.H2/c1-14(2)21-24-13-20(26-27-21)22(29)25-17-6-9-18(10-7-17)28(4)19-8-5-16(12-23)15(3)11-19;/h5,8,11,13-14,17-18H,6-7,9-10H2,1-4H3,(H,25,29);1H. The van der Waals surface area contributed by atoms with Gasteiger partial charge in [-0.1, -0.05) is 13.8 Å². The van der Waals surface area contributed by atoms with Crippen LogP contribution in [-0.2, 0) is 0 Å². The molecule has 1 aromatic heterocycles. The topological polar surface area (TPSA) is 94.8 Å². The molecule has 7 nitrogen and oxygen atoms in total. The molecule has 0 bridgehead atoms. The van der Waals surface area contributed by atoms with Crippen LogP contribution in [0.15, 0.2) is 24.4 Å². The molecule has 0 aliphatic heterocycles. The van der Waals surface area contributed by atoms with E-state index in [1.165, 1.54) is 6.20 Å². The summed E-state index contributed by atoms with van der Waals surface area (Å²) < 4.78 is 0. The van der Waals surface area contributed by atoms with Gasteiger partial charge in [0, 0.05) is 32.2 Å². The van der Waals surface area contributed by atoms with Gasteiger partial charge in [0.2, 0.25) is 0 Å². The summed E-state index contributed by atoms with van der Waals surface area (Å²) in [6.07, 6.45) is 5.33. The van der Waals surface area contributed by atoms with E-state index >= 15 is 0 Å². The fourth-order valence-corrected chi connectivity index (χ4v) is 3.72. The minimum atomic E-state index is -0.208. The molecule has 3 rings (SSSR count). The Labute approximate surface area is 173 Å². The van der Waals surface area contributed by atoms with E-state index in [0.29, 0.717) is 17.4 Å². The quantitative estimate of drug-likeness (QED) is 0.832. The van der Waals surface area contributed by atoms with E-state index in [1.54, 1.807) is 0 Å². The van der Waals surface area contributed by atoms with Crippen molar-refractivity contribution in [3.8, 4) is 6.07 Å². The first-order valence-corrected chi connectivity index (χ1v) is 10.1. The van der Waals surface area contributed by atoms with Crippen molar-refractivity contribution < 1.29 is 6.22 Å². The zero-order valence-corrected chi connectivity index (χ0v) is 17.5. The van der Waals surface area contributed by atoms with Crippen LogP contribution < -0.4 is 10.2 Å². The van der Waals surface area contributed by atoms with Crippen LogP contribution in [0.25, 0.3) is 0 Å². The van der Waals surface area contributed by atoms with Gasteiger partial charge in [0.05, 0.1) is 17.8 Å². The van der Waals surface area contributed by atoms with Gasteiger partial charge in [-0.25, -0.2) is 4.98 Å². The van der Waals surface area contributed by atoms with Crippen LogP contribution in [-0.4, -0.2) is 40.2 Å². The van der Waals surface area contributed by atoms with Crippen molar-refractivity contribution in [2.75, 3.05) is 11.9 Å². The molecule has 1 saturated carbocycles. The predicted molar refractivity (Wildman–Crippen MR) is 114 cm³/mol. The lowest BCUT2D eigenvalue weighted by molar-refractivity contribution is 0.0919. The maximum absolute atomic E-state index is 12.4. The molecule has 0 atom stereocenters. The van der Waals surface area contributed by atoms with Crippen molar-refractivity contribution in [1.82, 2.24) is 20.5 Å². The lowest BCUT2D eigenvalue weighted by atomic mass is 9.90. The summed E-state index contributed by atoms with van der Waals surface area (Å²) in [5, 5.41) is 20.2. The number of rotatable bonds is 5. The Morgan fingerprint density at radius 1 is 1.28 bits per heavy atom. The number of aromatic nitrogens is 3. The molecular weight excluding hydrogens is 364 g/mol. The Balaban J connectivity index is 0.00000320. The van der Waals surface area contributed by atoms with Crippen molar-refractivity contribution in [2.24, 2.45) is 0 Å². The van der Waals surface area contributed by atoms with Crippen molar-refractivity contribution >= 4 is 11.6 Å². The molecule has 29 heavy (non-hydrogen) atoms. The molecular formula is C22H30N6O. The summed E-state index contributed by atoms with van der Waals surface area (Å²) in [5.41, 5.74) is 3.10. The Hall–Kier alpha value is -3.01. The SMILES string of the molecule is Cc1cc(N(C)C2CCC(NC(=O)c3cnc(C(C)C)nn3)CC2)ccc1C#N.[HH]. The molecule has 1 N–H and O–H groups in total. The number of nitrogens with zero attached hydrogens (tertiary/aromatic N) is 5. The van der Waals surface area contributed by atoms with Gasteiger partial charge in [0.25, 0.3) is 5.91 Å². The van der Waals surface area contributed by atoms with Crippen LogP contribution in [0.1, 0.15) is 74.3 Å². The van der Waals surface area contributed by atoms with Crippen LogP contribution in [0.5, 0.6) is 0 Å². The van der Waals surface area contributed by atoms with Crippen molar-refractivity contribution in [2.45, 2.75) is 64.5 Å². The van der Waals surface area contributed by atoms with Crippen molar-refractivity contribution in [3.63, 3.8) is 0 Å². The second-order valence-corrected chi connectivity index (χ2v) is 8.06. The lowest BCUT2D eigenvalue weighted by Crippen LogP contribution is -2.43. The number of hydrogen-bond donors (Lipinski definition) is 1. The molecule has 1 fully saturated rings. The average molecular weight is 395 g/mol. The van der Waals surface area contributed by atoms with Gasteiger partial charge in [-0.2, -0.15) is 5.26 Å². The number of aryl methyl sites for hydroxylation is 1. The Morgan fingerprint density at radius 2 is 2.00 bits per heavy atom. The second kappa shape index (κ2) is 8.99. The largest absolute Gasteiger partial charge is 0.372 e. The highest BCUT2D eigenvalue weighted by atomic mass is 16.2. The third kappa shape index (κ3) is 4.89. The van der Waals surface area contributed by atoms with Gasteiger partial charge in [0.15, 0.2) is 11.5 Å². The van der Waals surface area contributed by atoms with Crippen LogP contribution in [0.2, 0.25) is 0 Å². The number of nitriles is 1. The zero-order chi connectivity index (χ0) is 21.0. The maximum Gasteiger partial charge on any atom is 0.273 e. The van der Waals surface area contributed by atoms with E-state index in [1.807, 2.05) is 32.9 Å². The van der Waals surface area contributed by atoms with Crippen LogP contribution in [0.4, 0.5) is 5.69 Å². The minimum Gasteiger partial charge on any atom is -0.372 e. The molecule has 0 radical (unpaired) electrons. The molecule has 1 aliphatic rings. The van der Waals surface area contributed by atoms with Gasteiger partial charge in [-0.05, 0) is 56.4 Å². The van der Waals surface area contributed by atoms with E-state index in [2.05, 4.69) is 44.6 Å². The number of nitrogens with one attached hydrogen (secondary N) is 1. The Bertz CT molecular complexity index is 901. The number of amides is 1. The summed E-state index contributed by atoms with van der Waals surface area (Å²) in [6.45, 7) is 5.95. The molecule has 0 spiro atoms. The summed E-state index contributed by atoms with van der Waals surface area (Å²) in [5.74, 6) is 0.620. The minimum absolute atomic E-state index is 0. The van der Waals surface area contributed by atoms with Gasteiger partial charge < -0.3 is 10.2 Å². The van der Waals surface area contributed by atoms with Crippen LogP contribution >= 0.6 is 0 Å². The highest BCUT2D eigenvalue weighted by Crippen LogP contribution is 2.27. The number of hydrogen-bond acceptors (Lipinski definition) is 6. The summed E-state index contributed by atoms with van der Waals surface area (Å²) in [7, 11) is 2.10. The Morgan fingerprint density at radius 3 is 2.55 bits per heavy atom. The van der Waals surface area contributed by atoms with Gasteiger partial charge in [-0.3, -0.25) is 4.79 Å². The smallest absolute Gasteiger partial charge is 0.273 e. The summed E-state index contributed by atoms with van der Waals surface area (Å²) in [4.78, 5) is 18.9.